The number of thioether (sulfide) groups is 1. The van der Waals surface area contributed by atoms with E-state index in [1.54, 1.807) is 0 Å². The van der Waals surface area contributed by atoms with Gasteiger partial charge in [-0.2, -0.15) is 0 Å². The van der Waals surface area contributed by atoms with Crippen molar-refractivity contribution in [2.75, 3.05) is 17.6 Å². The summed E-state index contributed by atoms with van der Waals surface area (Å²) in [5, 5.41) is 14.9. The normalized spacial score (nSPS) is 10.4. The van der Waals surface area contributed by atoms with E-state index in [0.29, 0.717) is 12.3 Å². The number of pyridine rings is 2. The Morgan fingerprint density at radius 3 is 2.96 bits per heavy atom. The number of aromatic nitrogens is 4. The molecule has 0 amide bonds. The third-order valence-corrected chi connectivity index (χ3v) is 4.04. The van der Waals surface area contributed by atoms with Gasteiger partial charge in [-0.05, 0) is 23.2 Å². The van der Waals surface area contributed by atoms with Crippen molar-refractivity contribution in [3.63, 3.8) is 0 Å². The maximum atomic E-state index is 10.9. The topological polar surface area (TPSA) is 111 Å². The summed E-state index contributed by atoms with van der Waals surface area (Å²) >= 11 is 7.28. The highest BCUT2D eigenvalue weighted by molar-refractivity contribution is 7.99. The van der Waals surface area contributed by atoms with Gasteiger partial charge in [-0.1, -0.05) is 23.4 Å². The van der Waals surface area contributed by atoms with E-state index in [1.165, 1.54) is 23.9 Å². The molecular formula is C13H12Cl2N6O2S. The number of H-pyrrole nitrogens is 2. The van der Waals surface area contributed by atoms with E-state index in [2.05, 4.69) is 25.3 Å². The molecule has 8 nitrogen and oxygen atoms in total. The maximum Gasteiger partial charge on any atom is 0.347 e. The van der Waals surface area contributed by atoms with Crippen molar-refractivity contribution in [2.24, 2.45) is 0 Å². The Hall–Kier alpha value is -2.10. The zero-order chi connectivity index (χ0) is 16.2. The van der Waals surface area contributed by atoms with Crippen LogP contribution in [0.15, 0.2) is 35.6 Å². The number of imidazole rings is 1. The van der Waals surface area contributed by atoms with Crippen molar-refractivity contribution in [2.45, 2.75) is 5.16 Å². The van der Waals surface area contributed by atoms with Crippen LogP contribution in [0.3, 0.4) is 0 Å². The number of nitrogens with one attached hydrogen (secondary N) is 3. The summed E-state index contributed by atoms with van der Waals surface area (Å²) in [6.45, 7) is 0.486. The molecule has 3 aromatic rings. The van der Waals surface area contributed by atoms with E-state index in [9.17, 15) is 10.1 Å². The lowest BCUT2D eigenvalue weighted by molar-refractivity contribution is -0.384. The molecular weight excluding hydrogens is 375 g/mol. The Labute approximate surface area is 152 Å². The minimum atomic E-state index is -0.492. The lowest BCUT2D eigenvalue weighted by Gasteiger charge is -2.05. The molecule has 0 aromatic carbocycles. The molecule has 0 bridgehead atoms. The first-order valence-corrected chi connectivity index (χ1v) is 8.04. The van der Waals surface area contributed by atoms with E-state index >= 15 is 0 Å². The van der Waals surface area contributed by atoms with Crippen LogP contribution in [0.4, 0.5) is 11.5 Å². The van der Waals surface area contributed by atoms with Gasteiger partial charge in [0.1, 0.15) is 10.7 Å². The van der Waals surface area contributed by atoms with Gasteiger partial charge in [0.2, 0.25) is 5.82 Å². The Balaban J connectivity index is 0.00000208. The SMILES string of the molecule is O=[N+]([O-])c1ccc(Cl)nc1NCCSc1nc2[nH+]cccc2[nH]1.[Cl-]. The second-order valence-corrected chi connectivity index (χ2v) is 5.98. The first kappa shape index (κ1) is 18.2. The highest BCUT2D eigenvalue weighted by Gasteiger charge is 2.16. The van der Waals surface area contributed by atoms with Crippen LogP contribution in [0.2, 0.25) is 5.15 Å². The van der Waals surface area contributed by atoms with Crippen molar-refractivity contribution in [1.29, 1.82) is 0 Å². The molecule has 24 heavy (non-hydrogen) atoms. The van der Waals surface area contributed by atoms with Crippen molar-refractivity contribution < 1.29 is 22.3 Å². The van der Waals surface area contributed by atoms with Gasteiger partial charge in [0.05, 0.1) is 11.1 Å². The molecule has 0 atom stereocenters. The molecule has 0 fully saturated rings. The molecule has 0 aliphatic heterocycles. The Bertz CT molecular complexity index is 826. The summed E-state index contributed by atoms with van der Waals surface area (Å²) < 4.78 is 0. The molecule has 0 unspecified atom stereocenters. The van der Waals surface area contributed by atoms with Gasteiger partial charge in [0, 0.05) is 18.4 Å². The zero-order valence-electron chi connectivity index (χ0n) is 12.1. The molecule has 11 heteroatoms. The van der Waals surface area contributed by atoms with E-state index < -0.39 is 4.92 Å². The monoisotopic (exact) mass is 386 g/mol. The van der Waals surface area contributed by atoms with Gasteiger partial charge in [0.15, 0.2) is 0 Å². The number of nitrogens with zero attached hydrogens (tertiary/aromatic N) is 3. The van der Waals surface area contributed by atoms with Gasteiger partial charge >= 0.3 is 11.3 Å². The van der Waals surface area contributed by atoms with Crippen LogP contribution < -0.4 is 22.7 Å². The largest absolute Gasteiger partial charge is 1.00 e. The number of anilines is 1. The van der Waals surface area contributed by atoms with Crippen LogP contribution >= 0.6 is 23.4 Å². The average molecular weight is 387 g/mol. The summed E-state index contributed by atoms with van der Waals surface area (Å²) in [5.41, 5.74) is 1.61. The Kier molecular flexibility index (Phi) is 6.18. The Morgan fingerprint density at radius 1 is 1.38 bits per heavy atom. The molecule has 3 rings (SSSR count). The summed E-state index contributed by atoms with van der Waals surface area (Å²) in [6.07, 6.45) is 1.81. The molecule has 0 saturated carbocycles. The molecule has 3 aromatic heterocycles. The number of nitro groups is 1. The highest BCUT2D eigenvalue weighted by atomic mass is 35.5. The number of aromatic amines is 2. The fraction of sp³-hybridized carbons (Fsp3) is 0.154. The zero-order valence-corrected chi connectivity index (χ0v) is 14.5. The van der Waals surface area contributed by atoms with Crippen LogP contribution in [0.1, 0.15) is 0 Å². The lowest BCUT2D eigenvalue weighted by Crippen LogP contribution is -3.00. The van der Waals surface area contributed by atoms with Gasteiger partial charge in [0.25, 0.3) is 5.16 Å². The molecule has 3 heterocycles. The third-order valence-electron chi connectivity index (χ3n) is 2.96. The first-order valence-electron chi connectivity index (χ1n) is 6.67. The highest BCUT2D eigenvalue weighted by Crippen LogP contribution is 2.24. The van der Waals surface area contributed by atoms with Gasteiger partial charge < -0.3 is 22.7 Å². The number of rotatable bonds is 6. The van der Waals surface area contributed by atoms with Crippen LogP contribution in [-0.4, -0.2) is 32.2 Å². The molecule has 0 spiro atoms. The first-order chi connectivity index (χ1) is 11.1. The maximum absolute atomic E-state index is 10.9. The molecule has 0 radical (unpaired) electrons. The predicted molar refractivity (Wildman–Crippen MR) is 87.8 cm³/mol. The second kappa shape index (κ2) is 8.13. The second-order valence-electron chi connectivity index (χ2n) is 4.51. The average Bonchev–Trinajstić information content (AvgIpc) is 2.94. The Morgan fingerprint density at radius 2 is 2.21 bits per heavy atom. The molecule has 3 N–H and O–H groups in total. The van der Waals surface area contributed by atoms with Crippen molar-refractivity contribution in [1.82, 2.24) is 15.0 Å². The van der Waals surface area contributed by atoms with Gasteiger partial charge in [-0.15, -0.1) is 0 Å². The number of halogens is 2. The predicted octanol–water partition coefficient (Wildman–Crippen LogP) is -0.458. The molecule has 0 saturated heterocycles. The minimum absolute atomic E-state index is 0. The third kappa shape index (κ3) is 4.25. The van der Waals surface area contributed by atoms with E-state index in [1.807, 2.05) is 18.3 Å². The summed E-state index contributed by atoms with van der Waals surface area (Å²) in [5.74, 6) is 0.826. The van der Waals surface area contributed by atoms with Crippen LogP contribution in [0, 0.1) is 10.1 Å². The van der Waals surface area contributed by atoms with E-state index in [-0.39, 0.29) is 29.1 Å². The van der Waals surface area contributed by atoms with Crippen molar-refractivity contribution in [3.8, 4) is 0 Å². The smallest absolute Gasteiger partial charge is 0.347 e. The standard InChI is InChI=1S/C13H11ClN6O2S.ClH/c14-10-4-3-9(20(21)22)12(18-10)16-6-7-23-13-17-8-2-1-5-15-11(8)19-13;/h1-5H,6-7H2,(H,16,18)(H,15,17,19);1H. The van der Waals surface area contributed by atoms with E-state index in [4.69, 9.17) is 11.6 Å². The van der Waals surface area contributed by atoms with Crippen molar-refractivity contribution >= 4 is 46.0 Å². The molecule has 0 aliphatic rings. The fourth-order valence-corrected chi connectivity index (χ4v) is 2.84. The van der Waals surface area contributed by atoms with Crippen LogP contribution in [-0.2, 0) is 0 Å². The summed E-state index contributed by atoms with van der Waals surface area (Å²) in [7, 11) is 0. The lowest BCUT2D eigenvalue weighted by atomic mass is 10.4. The van der Waals surface area contributed by atoms with Gasteiger partial charge in [-0.3, -0.25) is 10.1 Å². The fourth-order valence-electron chi connectivity index (χ4n) is 1.96. The van der Waals surface area contributed by atoms with E-state index in [0.717, 1.165) is 16.3 Å². The minimum Gasteiger partial charge on any atom is -1.00 e. The summed E-state index contributed by atoms with van der Waals surface area (Å²) in [6, 6.07) is 6.55. The van der Waals surface area contributed by atoms with Gasteiger partial charge in [-0.25, -0.2) is 9.97 Å². The number of hydrogen-bond donors (Lipinski definition) is 2. The quantitative estimate of drug-likeness (QED) is 0.195. The molecule has 0 aliphatic carbocycles. The van der Waals surface area contributed by atoms with Crippen LogP contribution in [0.25, 0.3) is 11.2 Å². The molecule has 126 valence electrons. The van der Waals surface area contributed by atoms with Crippen LogP contribution in [0.5, 0.6) is 0 Å². The number of fused-ring (bicyclic) bond motifs is 1. The number of hydrogen-bond acceptors (Lipinski definition) is 6. The summed E-state index contributed by atoms with van der Waals surface area (Å²) in [4.78, 5) is 25.0. The van der Waals surface area contributed by atoms with Crippen molar-refractivity contribution in [3.05, 3.63) is 45.7 Å².